The van der Waals surface area contributed by atoms with Crippen LogP contribution >= 0.6 is 11.3 Å². The van der Waals surface area contributed by atoms with Crippen LogP contribution in [0.3, 0.4) is 0 Å². The van der Waals surface area contributed by atoms with Crippen molar-refractivity contribution in [3.8, 4) is 5.19 Å². The summed E-state index contributed by atoms with van der Waals surface area (Å²) in [5, 5.41) is 3.25. The number of nitrogens with zero attached hydrogens (tertiary/aromatic N) is 2. The van der Waals surface area contributed by atoms with Crippen LogP contribution in [0.1, 0.15) is 24.0 Å². The first-order valence-corrected chi connectivity index (χ1v) is 10.3. The standard InChI is InChI=1S/C21H21F2N3O2S/c1-12-3-4-15(9-13(12)2)24-20(27)26-7-5-16(6-8-26)28-21-25-19-17(23)10-14(22)11-18(19)29-21/h3-4,9-11,16H,5-8H2,1-2H3,(H,24,27). The second-order valence-electron chi connectivity index (χ2n) is 7.25. The lowest BCUT2D eigenvalue weighted by molar-refractivity contribution is 0.115. The largest absolute Gasteiger partial charge is 0.467 e. The molecule has 2 heterocycles. The van der Waals surface area contributed by atoms with Gasteiger partial charge in [-0.05, 0) is 43.2 Å². The number of anilines is 1. The van der Waals surface area contributed by atoms with Gasteiger partial charge in [0.2, 0.25) is 0 Å². The molecule has 3 aromatic rings. The molecule has 1 aliphatic heterocycles. The average molecular weight is 417 g/mol. The van der Waals surface area contributed by atoms with Crippen LogP contribution < -0.4 is 10.1 Å². The van der Waals surface area contributed by atoms with Crippen LogP contribution in [0.5, 0.6) is 5.19 Å². The molecule has 1 N–H and O–H groups in total. The topological polar surface area (TPSA) is 54.5 Å². The molecule has 2 aromatic carbocycles. The summed E-state index contributed by atoms with van der Waals surface area (Å²) in [5.74, 6) is -1.32. The SMILES string of the molecule is Cc1ccc(NC(=O)N2CCC(Oc3nc4c(F)cc(F)cc4s3)CC2)cc1C. The van der Waals surface area contributed by atoms with Gasteiger partial charge in [0, 0.05) is 37.7 Å². The van der Waals surface area contributed by atoms with Crippen molar-refractivity contribution < 1.29 is 18.3 Å². The van der Waals surface area contributed by atoms with E-state index >= 15 is 0 Å². The first-order chi connectivity index (χ1) is 13.9. The predicted molar refractivity (Wildman–Crippen MR) is 110 cm³/mol. The fourth-order valence-electron chi connectivity index (χ4n) is 3.33. The Kier molecular flexibility index (Phi) is 5.36. The molecule has 0 aliphatic carbocycles. The Balaban J connectivity index is 1.34. The number of hydrogen-bond donors (Lipinski definition) is 1. The van der Waals surface area contributed by atoms with Crippen molar-refractivity contribution in [3.63, 3.8) is 0 Å². The second kappa shape index (κ2) is 7.94. The number of carbonyl (C=O) groups is 1. The highest BCUT2D eigenvalue weighted by Gasteiger charge is 2.25. The number of halogens is 2. The molecule has 4 rings (SSSR count). The van der Waals surface area contributed by atoms with E-state index in [1.165, 1.54) is 11.6 Å². The molecule has 0 unspecified atom stereocenters. The number of aromatic nitrogens is 1. The number of benzene rings is 2. The summed E-state index contributed by atoms with van der Waals surface area (Å²) in [6.07, 6.45) is 1.18. The number of nitrogens with one attached hydrogen (secondary N) is 1. The number of fused-ring (bicyclic) bond motifs is 1. The number of hydrogen-bond acceptors (Lipinski definition) is 4. The second-order valence-corrected chi connectivity index (χ2v) is 8.24. The highest BCUT2D eigenvalue weighted by atomic mass is 32.1. The monoisotopic (exact) mass is 417 g/mol. The number of urea groups is 1. The van der Waals surface area contributed by atoms with E-state index in [1.807, 2.05) is 32.0 Å². The zero-order valence-corrected chi connectivity index (χ0v) is 17.0. The van der Waals surface area contributed by atoms with E-state index in [1.54, 1.807) is 4.90 Å². The number of carbonyl (C=O) groups excluding carboxylic acids is 1. The molecule has 8 heteroatoms. The summed E-state index contributed by atoms with van der Waals surface area (Å²) < 4.78 is 33.4. The normalized spacial score (nSPS) is 15.0. The first-order valence-electron chi connectivity index (χ1n) is 9.44. The molecular formula is C21H21F2N3O2S. The average Bonchev–Trinajstić information content (AvgIpc) is 3.08. The zero-order chi connectivity index (χ0) is 20.5. The number of aryl methyl sites for hydroxylation is 2. The minimum Gasteiger partial charge on any atom is -0.467 e. The Labute approximate surface area is 171 Å². The highest BCUT2D eigenvalue weighted by molar-refractivity contribution is 7.20. The summed E-state index contributed by atoms with van der Waals surface area (Å²) in [6, 6.07) is 7.77. The number of piperidine rings is 1. The third-order valence-electron chi connectivity index (χ3n) is 5.15. The first kappa shape index (κ1) is 19.6. The number of amides is 2. The van der Waals surface area contributed by atoms with Crippen molar-refractivity contribution in [2.24, 2.45) is 0 Å². The maximum atomic E-state index is 13.8. The van der Waals surface area contributed by atoms with Gasteiger partial charge >= 0.3 is 6.03 Å². The van der Waals surface area contributed by atoms with Crippen molar-refractivity contribution in [2.75, 3.05) is 18.4 Å². The molecule has 1 aromatic heterocycles. The minimum absolute atomic E-state index is 0.117. The fourth-order valence-corrected chi connectivity index (χ4v) is 4.25. The summed E-state index contributed by atoms with van der Waals surface area (Å²) in [5.41, 5.74) is 3.21. The quantitative estimate of drug-likeness (QED) is 0.632. The Morgan fingerprint density at radius 2 is 1.93 bits per heavy atom. The molecular weight excluding hydrogens is 396 g/mol. The van der Waals surface area contributed by atoms with E-state index in [-0.39, 0.29) is 17.7 Å². The van der Waals surface area contributed by atoms with Gasteiger partial charge < -0.3 is 15.0 Å². The van der Waals surface area contributed by atoms with Crippen LogP contribution in [0, 0.1) is 25.5 Å². The lowest BCUT2D eigenvalue weighted by Crippen LogP contribution is -2.43. The van der Waals surface area contributed by atoms with Gasteiger partial charge in [-0.15, -0.1) is 0 Å². The summed E-state index contributed by atoms with van der Waals surface area (Å²) in [6.45, 7) is 5.14. The minimum atomic E-state index is -0.691. The molecule has 29 heavy (non-hydrogen) atoms. The highest BCUT2D eigenvalue weighted by Crippen LogP contribution is 2.32. The maximum absolute atomic E-state index is 13.8. The zero-order valence-electron chi connectivity index (χ0n) is 16.2. The molecule has 1 saturated heterocycles. The molecule has 0 spiro atoms. The molecule has 0 bridgehead atoms. The molecule has 2 amide bonds. The van der Waals surface area contributed by atoms with Gasteiger partial charge in [0.15, 0.2) is 5.82 Å². The number of ether oxygens (including phenoxy) is 1. The molecule has 0 atom stereocenters. The van der Waals surface area contributed by atoms with Crippen LogP contribution in [0.4, 0.5) is 19.3 Å². The third-order valence-corrected chi connectivity index (χ3v) is 6.04. The van der Waals surface area contributed by atoms with E-state index in [9.17, 15) is 13.6 Å². The molecule has 0 saturated carbocycles. The van der Waals surface area contributed by atoms with Crippen molar-refractivity contribution >= 4 is 33.3 Å². The van der Waals surface area contributed by atoms with Gasteiger partial charge in [0.25, 0.3) is 5.19 Å². The van der Waals surface area contributed by atoms with Crippen molar-refractivity contribution in [1.29, 1.82) is 0 Å². The molecule has 1 aliphatic rings. The van der Waals surface area contributed by atoms with Crippen LogP contribution in [-0.2, 0) is 0 Å². The predicted octanol–water partition coefficient (Wildman–Crippen LogP) is 5.27. The van der Waals surface area contributed by atoms with Gasteiger partial charge in [-0.3, -0.25) is 0 Å². The fraction of sp³-hybridized carbons (Fsp3) is 0.333. The Hall–Kier alpha value is -2.74. The molecule has 1 fully saturated rings. The summed E-state index contributed by atoms with van der Waals surface area (Å²) >= 11 is 1.12. The van der Waals surface area contributed by atoms with Crippen molar-refractivity contribution in [3.05, 3.63) is 53.1 Å². The summed E-state index contributed by atoms with van der Waals surface area (Å²) in [7, 11) is 0. The lowest BCUT2D eigenvalue weighted by Gasteiger charge is -2.31. The van der Waals surface area contributed by atoms with E-state index in [2.05, 4.69) is 10.3 Å². The smallest absolute Gasteiger partial charge is 0.321 e. The van der Waals surface area contributed by atoms with Crippen LogP contribution in [0.25, 0.3) is 10.2 Å². The van der Waals surface area contributed by atoms with Gasteiger partial charge in [-0.2, -0.15) is 4.98 Å². The number of thiazole rings is 1. The van der Waals surface area contributed by atoms with Crippen LogP contribution in [-0.4, -0.2) is 35.1 Å². The Morgan fingerprint density at radius 1 is 1.17 bits per heavy atom. The maximum Gasteiger partial charge on any atom is 0.321 e. The van der Waals surface area contributed by atoms with Crippen LogP contribution in [0.15, 0.2) is 30.3 Å². The Morgan fingerprint density at radius 3 is 2.66 bits per heavy atom. The van der Waals surface area contributed by atoms with E-state index in [0.29, 0.717) is 35.8 Å². The molecule has 0 radical (unpaired) electrons. The molecule has 5 nitrogen and oxygen atoms in total. The third kappa shape index (κ3) is 4.32. The van der Waals surface area contributed by atoms with Gasteiger partial charge in [0.05, 0.1) is 4.70 Å². The molecule has 152 valence electrons. The number of likely N-dealkylation sites (tertiary alicyclic amines) is 1. The number of rotatable bonds is 3. The van der Waals surface area contributed by atoms with E-state index < -0.39 is 11.6 Å². The van der Waals surface area contributed by atoms with Crippen molar-refractivity contribution in [2.45, 2.75) is 32.8 Å². The van der Waals surface area contributed by atoms with E-state index in [4.69, 9.17) is 4.74 Å². The van der Waals surface area contributed by atoms with Gasteiger partial charge in [0.1, 0.15) is 17.4 Å². The van der Waals surface area contributed by atoms with Crippen molar-refractivity contribution in [1.82, 2.24) is 9.88 Å². The van der Waals surface area contributed by atoms with Crippen LogP contribution in [0.2, 0.25) is 0 Å². The lowest BCUT2D eigenvalue weighted by atomic mass is 10.1. The van der Waals surface area contributed by atoms with E-state index in [0.717, 1.165) is 28.7 Å². The Bertz CT molecular complexity index is 1060. The summed E-state index contributed by atoms with van der Waals surface area (Å²) in [4.78, 5) is 18.4. The van der Waals surface area contributed by atoms with Gasteiger partial charge in [-0.25, -0.2) is 13.6 Å². The van der Waals surface area contributed by atoms with Gasteiger partial charge in [-0.1, -0.05) is 17.4 Å².